The number of carbonyl (C=O) groups is 2. The number of amides is 1. The van der Waals surface area contributed by atoms with E-state index in [4.69, 9.17) is 14.3 Å². The topological polar surface area (TPSA) is 80.0 Å². The van der Waals surface area contributed by atoms with Gasteiger partial charge in [-0.05, 0) is 35.0 Å². The van der Waals surface area contributed by atoms with E-state index in [2.05, 4.69) is 15.9 Å². The highest BCUT2D eigenvalue weighted by Crippen LogP contribution is 2.23. The number of halogens is 1. The van der Waals surface area contributed by atoms with Gasteiger partial charge in [-0.3, -0.25) is 9.59 Å². The zero-order valence-corrected chi connectivity index (χ0v) is 11.9. The second kappa shape index (κ2) is 5.75. The predicted molar refractivity (Wildman–Crippen MR) is 68.9 cm³/mol. The standard InChI is InChI=1S/C12H14BrNO5/c1-2-14(8-6-18-5-7(8)12(16)17)11(15)9-3-4-10(13)19-9/h3-4,7-8H,2,5-6H2,1H3,(H,16,17). The maximum absolute atomic E-state index is 12.3. The number of ether oxygens (including phenoxy) is 1. The Morgan fingerprint density at radius 2 is 2.21 bits per heavy atom. The summed E-state index contributed by atoms with van der Waals surface area (Å²) in [6, 6.07) is 2.72. The second-order valence-electron chi connectivity index (χ2n) is 4.24. The number of carboxylic acids is 1. The molecule has 2 heterocycles. The van der Waals surface area contributed by atoms with Gasteiger partial charge in [0.1, 0.15) is 5.92 Å². The smallest absolute Gasteiger partial charge is 0.311 e. The van der Waals surface area contributed by atoms with Crippen molar-refractivity contribution < 1.29 is 23.8 Å². The molecular formula is C12H14BrNO5. The number of aliphatic carboxylic acids is 1. The van der Waals surface area contributed by atoms with Crippen molar-refractivity contribution in [2.45, 2.75) is 13.0 Å². The fourth-order valence-corrected chi connectivity index (χ4v) is 2.49. The maximum Gasteiger partial charge on any atom is 0.311 e. The first-order chi connectivity index (χ1) is 9.04. The molecule has 0 radical (unpaired) electrons. The minimum atomic E-state index is -0.950. The molecule has 2 atom stereocenters. The summed E-state index contributed by atoms with van der Waals surface area (Å²) in [7, 11) is 0. The lowest BCUT2D eigenvalue weighted by Gasteiger charge is -2.28. The van der Waals surface area contributed by atoms with Crippen LogP contribution in [0.2, 0.25) is 0 Å². The summed E-state index contributed by atoms with van der Waals surface area (Å²) in [5.41, 5.74) is 0. The highest BCUT2D eigenvalue weighted by molar-refractivity contribution is 9.10. The lowest BCUT2D eigenvalue weighted by molar-refractivity contribution is -0.142. The Bertz CT molecular complexity index is 486. The van der Waals surface area contributed by atoms with Crippen molar-refractivity contribution in [1.82, 2.24) is 4.90 Å². The average molecular weight is 332 g/mol. The summed E-state index contributed by atoms with van der Waals surface area (Å²) in [5, 5.41) is 9.14. The van der Waals surface area contributed by atoms with E-state index in [0.717, 1.165) is 0 Å². The molecule has 2 rings (SSSR count). The quantitative estimate of drug-likeness (QED) is 0.906. The summed E-state index contributed by atoms with van der Waals surface area (Å²) in [6.45, 7) is 2.56. The number of hydrogen-bond donors (Lipinski definition) is 1. The number of furan rings is 1. The van der Waals surface area contributed by atoms with Gasteiger partial charge in [0.25, 0.3) is 5.91 Å². The summed E-state index contributed by atoms with van der Waals surface area (Å²) in [4.78, 5) is 24.9. The molecule has 0 aromatic carbocycles. The van der Waals surface area contributed by atoms with Gasteiger partial charge in [-0.15, -0.1) is 0 Å². The van der Waals surface area contributed by atoms with Crippen molar-refractivity contribution in [2.24, 2.45) is 5.92 Å². The van der Waals surface area contributed by atoms with Crippen LogP contribution < -0.4 is 0 Å². The molecular weight excluding hydrogens is 318 g/mol. The van der Waals surface area contributed by atoms with Crippen LogP contribution in [0, 0.1) is 5.92 Å². The van der Waals surface area contributed by atoms with Crippen molar-refractivity contribution >= 4 is 27.8 Å². The van der Waals surface area contributed by atoms with E-state index in [1.807, 2.05) is 0 Å². The van der Waals surface area contributed by atoms with Crippen LogP contribution in [-0.4, -0.2) is 47.7 Å². The second-order valence-corrected chi connectivity index (χ2v) is 5.03. The molecule has 1 saturated heterocycles. The number of likely N-dealkylation sites (N-methyl/N-ethyl adjacent to an activating group) is 1. The van der Waals surface area contributed by atoms with E-state index in [1.54, 1.807) is 19.1 Å². The number of rotatable bonds is 4. The molecule has 1 amide bonds. The zero-order valence-electron chi connectivity index (χ0n) is 10.3. The van der Waals surface area contributed by atoms with Crippen LogP contribution in [-0.2, 0) is 9.53 Å². The van der Waals surface area contributed by atoms with Crippen LogP contribution in [0.25, 0.3) is 0 Å². The van der Waals surface area contributed by atoms with Crippen LogP contribution in [0.5, 0.6) is 0 Å². The monoisotopic (exact) mass is 331 g/mol. The molecule has 1 aliphatic heterocycles. The Balaban J connectivity index is 2.20. The SMILES string of the molecule is CCN(C(=O)c1ccc(Br)o1)C1COCC1C(=O)O. The Morgan fingerprint density at radius 1 is 1.47 bits per heavy atom. The van der Waals surface area contributed by atoms with E-state index in [1.165, 1.54) is 4.90 Å². The minimum Gasteiger partial charge on any atom is -0.481 e. The molecule has 0 saturated carbocycles. The first-order valence-electron chi connectivity index (χ1n) is 5.91. The maximum atomic E-state index is 12.3. The highest BCUT2D eigenvalue weighted by Gasteiger charge is 2.40. The number of carbonyl (C=O) groups excluding carboxylic acids is 1. The van der Waals surface area contributed by atoms with E-state index in [-0.39, 0.29) is 24.9 Å². The lowest BCUT2D eigenvalue weighted by atomic mass is 10.0. The first-order valence-corrected chi connectivity index (χ1v) is 6.70. The van der Waals surface area contributed by atoms with Crippen LogP contribution in [0.3, 0.4) is 0 Å². The number of hydrogen-bond acceptors (Lipinski definition) is 4. The largest absolute Gasteiger partial charge is 0.481 e. The predicted octanol–water partition coefficient (Wildman–Crippen LogP) is 1.60. The lowest BCUT2D eigenvalue weighted by Crippen LogP contribution is -2.46. The van der Waals surface area contributed by atoms with Crippen LogP contribution in [0.15, 0.2) is 21.2 Å². The molecule has 1 aromatic heterocycles. The normalized spacial score (nSPS) is 22.4. The van der Waals surface area contributed by atoms with E-state index < -0.39 is 17.9 Å². The van der Waals surface area contributed by atoms with E-state index >= 15 is 0 Å². The molecule has 6 nitrogen and oxygen atoms in total. The third-order valence-electron chi connectivity index (χ3n) is 3.15. The van der Waals surface area contributed by atoms with E-state index in [9.17, 15) is 9.59 Å². The number of carboxylic acid groups (broad SMARTS) is 1. The van der Waals surface area contributed by atoms with Gasteiger partial charge in [0, 0.05) is 6.54 Å². The number of nitrogens with zero attached hydrogens (tertiary/aromatic N) is 1. The van der Waals surface area contributed by atoms with Crippen molar-refractivity contribution in [3.05, 3.63) is 22.6 Å². The Hall–Kier alpha value is -1.34. The summed E-state index contributed by atoms with van der Waals surface area (Å²) in [6.07, 6.45) is 0. The summed E-state index contributed by atoms with van der Waals surface area (Å²) in [5.74, 6) is -1.78. The Labute approximate surface area is 118 Å². The minimum absolute atomic E-state index is 0.131. The Morgan fingerprint density at radius 3 is 2.74 bits per heavy atom. The van der Waals surface area contributed by atoms with Gasteiger partial charge in [-0.1, -0.05) is 0 Å². The van der Waals surface area contributed by atoms with Crippen molar-refractivity contribution in [3.63, 3.8) is 0 Å². The average Bonchev–Trinajstić information content (AvgIpc) is 2.98. The fraction of sp³-hybridized carbons (Fsp3) is 0.500. The van der Waals surface area contributed by atoms with Crippen molar-refractivity contribution in [1.29, 1.82) is 0 Å². The third kappa shape index (κ3) is 2.82. The molecule has 0 aliphatic carbocycles. The molecule has 0 bridgehead atoms. The molecule has 1 fully saturated rings. The molecule has 19 heavy (non-hydrogen) atoms. The molecule has 1 aromatic rings. The molecule has 1 N–H and O–H groups in total. The molecule has 7 heteroatoms. The zero-order chi connectivity index (χ0) is 14.0. The summed E-state index contributed by atoms with van der Waals surface area (Å²) >= 11 is 3.13. The fourth-order valence-electron chi connectivity index (χ4n) is 2.19. The van der Waals surface area contributed by atoms with Gasteiger partial charge in [0.2, 0.25) is 0 Å². The highest BCUT2D eigenvalue weighted by atomic mass is 79.9. The van der Waals surface area contributed by atoms with Gasteiger partial charge < -0.3 is 19.2 Å². The van der Waals surface area contributed by atoms with Crippen molar-refractivity contribution in [2.75, 3.05) is 19.8 Å². The van der Waals surface area contributed by atoms with Crippen LogP contribution in [0.1, 0.15) is 17.5 Å². The van der Waals surface area contributed by atoms with Gasteiger partial charge in [0.05, 0.1) is 19.3 Å². The third-order valence-corrected chi connectivity index (χ3v) is 3.58. The van der Waals surface area contributed by atoms with Gasteiger partial charge in [-0.2, -0.15) is 0 Å². The van der Waals surface area contributed by atoms with Crippen molar-refractivity contribution in [3.8, 4) is 0 Å². The first kappa shape index (κ1) is 14.1. The van der Waals surface area contributed by atoms with E-state index in [0.29, 0.717) is 11.2 Å². The molecule has 0 spiro atoms. The van der Waals surface area contributed by atoms with Gasteiger partial charge in [-0.25, -0.2) is 0 Å². The molecule has 104 valence electrons. The van der Waals surface area contributed by atoms with Gasteiger partial charge in [0.15, 0.2) is 10.4 Å². The van der Waals surface area contributed by atoms with Crippen LogP contribution >= 0.6 is 15.9 Å². The molecule has 1 aliphatic rings. The summed E-state index contributed by atoms with van der Waals surface area (Å²) < 4.78 is 10.9. The Kier molecular flexibility index (Phi) is 4.26. The molecule has 2 unspecified atom stereocenters. The van der Waals surface area contributed by atoms with Crippen LogP contribution in [0.4, 0.5) is 0 Å². The van der Waals surface area contributed by atoms with Gasteiger partial charge >= 0.3 is 5.97 Å².